The second-order valence-electron chi connectivity index (χ2n) is 4.64. The van der Waals surface area contributed by atoms with E-state index in [0.29, 0.717) is 18.6 Å². The molecule has 0 bridgehead atoms. The van der Waals surface area contributed by atoms with Gasteiger partial charge in [-0.2, -0.15) is 5.26 Å². The zero-order valence-corrected chi connectivity index (χ0v) is 11.6. The van der Waals surface area contributed by atoms with Crippen LogP contribution in [-0.4, -0.2) is 25.8 Å². The topological polar surface area (TPSA) is 80.0 Å². The lowest BCUT2D eigenvalue weighted by molar-refractivity contribution is 0.411. The smallest absolute Gasteiger partial charge is 0.184 e. The molecule has 0 aliphatic heterocycles. The van der Waals surface area contributed by atoms with Crippen LogP contribution in [0.25, 0.3) is 0 Å². The molecule has 1 saturated carbocycles. The van der Waals surface area contributed by atoms with E-state index in [2.05, 4.69) is 4.98 Å². The molecule has 0 atom stereocenters. The molecule has 0 amide bonds. The first-order valence-corrected chi connectivity index (χ1v) is 7.82. The summed E-state index contributed by atoms with van der Waals surface area (Å²) in [5.41, 5.74) is -0.0497. The fourth-order valence-electron chi connectivity index (χ4n) is 2.39. The Bertz CT molecular complexity index is 599. The molecular weight excluding hydrogens is 264 g/mol. The number of nitriles is 1. The molecule has 1 aliphatic carbocycles. The number of hydrogen-bond donors (Lipinski definition) is 0. The van der Waals surface area contributed by atoms with Crippen molar-refractivity contribution in [2.24, 2.45) is 0 Å². The van der Waals surface area contributed by atoms with Gasteiger partial charge in [0.1, 0.15) is 16.7 Å². The standard InChI is InChI=1S/C13H16N2O3S/c1-18-10-7-13(12(8-14)15-9-10)19(16,17)11-5-3-2-4-6-11/h7,9,11H,2-6H2,1H3. The maximum atomic E-state index is 12.6. The minimum absolute atomic E-state index is 0.00116. The summed E-state index contributed by atoms with van der Waals surface area (Å²) in [5.74, 6) is 0.355. The summed E-state index contributed by atoms with van der Waals surface area (Å²) in [6, 6.07) is 3.24. The molecule has 0 radical (unpaired) electrons. The van der Waals surface area contributed by atoms with E-state index in [1.54, 1.807) is 0 Å². The second-order valence-corrected chi connectivity index (χ2v) is 6.84. The number of rotatable bonds is 3. The molecular formula is C13H16N2O3S. The summed E-state index contributed by atoms with van der Waals surface area (Å²) in [6.45, 7) is 0. The molecule has 1 aromatic rings. The van der Waals surface area contributed by atoms with Gasteiger partial charge in [0.25, 0.3) is 0 Å². The Hall–Kier alpha value is -1.61. The van der Waals surface area contributed by atoms with Gasteiger partial charge >= 0.3 is 0 Å². The summed E-state index contributed by atoms with van der Waals surface area (Å²) in [5, 5.41) is 8.63. The highest BCUT2D eigenvalue weighted by molar-refractivity contribution is 7.92. The van der Waals surface area contributed by atoms with Crippen molar-refractivity contribution in [1.82, 2.24) is 4.98 Å². The fraction of sp³-hybridized carbons (Fsp3) is 0.538. The average molecular weight is 280 g/mol. The van der Waals surface area contributed by atoms with Crippen molar-refractivity contribution in [2.45, 2.75) is 42.2 Å². The largest absolute Gasteiger partial charge is 0.495 e. The SMILES string of the molecule is COc1cnc(C#N)c(S(=O)(=O)C2CCCCC2)c1. The van der Waals surface area contributed by atoms with Gasteiger partial charge < -0.3 is 4.74 Å². The molecule has 19 heavy (non-hydrogen) atoms. The number of methoxy groups -OCH3 is 1. The van der Waals surface area contributed by atoms with Crippen molar-refractivity contribution < 1.29 is 13.2 Å². The monoisotopic (exact) mass is 280 g/mol. The number of hydrogen-bond acceptors (Lipinski definition) is 5. The number of nitrogens with zero attached hydrogens (tertiary/aromatic N) is 2. The molecule has 0 unspecified atom stereocenters. The fourth-order valence-corrected chi connectivity index (χ4v) is 4.36. The van der Waals surface area contributed by atoms with E-state index in [0.717, 1.165) is 19.3 Å². The Morgan fingerprint density at radius 3 is 2.63 bits per heavy atom. The lowest BCUT2D eigenvalue weighted by atomic mass is 10.0. The lowest BCUT2D eigenvalue weighted by Gasteiger charge is -2.22. The van der Waals surface area contributed by atoms with Crippen LogP contribution >= 0.6 is 0 Å². The van der Waals surface area contributed by atoms with Crippen LogP contribution in [0.15, 0.2) is 17.2 Å². The third kappa shape index (κ3) is 2.71. The zero-order chi connectivity index (χ0) is 13.9. The first-order valence-electron chi connectivity index (χ1n) is 6.27. The van der Waals surface area contributed by atoms with Crippen LogP contribution in [0, 0.1) is 11.3 Å². The Balaban J connectivity index is 2.46. The van der Waals surface area contributed by atoms with Crippen molar-refractivity contribution in [3.8, 4) is 11.8 Å². The number of pyridine rings is 1. The van der Waals surface area contributed by atoms with Gasteiger partial charge in [-0.1, -0.05) is 19.3 Å². The Kier molecular flexibility index (Phi) is 4.05. The van der Waals surface area contributed by atoms with Gasteiger partial charge in [0.05, 0.1) is 18.6 Å². The third-order valence-corrected chi connectivity index (χ3v) is 5.74. The molecule has 0 saturated heterocycles. The maximum Gasteiger partial charge on any atom is 0.184 e. The molecule has 1 aromatic heterocycles. The molecule has 6 heteroatoms. The predicted molar refractivity (Wildman–Crippen MR) is 69.6 cm³/mol. The van der Waals surface area contributed by atoms with E-state index in [9.17, 15) is 8.42 Å². The third-order valence-electron chi connectivity index (χ3n) is 3.47. The molecule has 1 aliphatic rings. The van der Waals surface area contributed by atoms with Crippen LogP contribution in [0.1, 0.15) is 37.8 Å². The summed E-state index contributed by atoms with van der Waals surface area (Å²) < 4.78 is 30.2. The first-order chi connectivity index (χ1) is 9.09. The Morgan fingerprint density at radius 2 is 2.05 bits per heavy atom. The molecule has 2 rings (SSSR count). The molecule has 102 valence electrons. The molecule has 0 N–H and O–H groups in total. The van der Waals surface area contributed by atoms with Gasteiger partial charge in [-0.25, -0.2) is 13.4 Å². The summed E-state index contributed by atoms with van der Waals surface area (Å²) >= 11 is 0. The second kappa shape index (κ2) is 5.57. The molecule has 0 aromatic carbocycles. The molecule has 5 nitrogen and oxygen atoms in total. The first kappa shape index (κ1) is 13.8. The van der Waals surface area contributed by atoms with Gasteiger partial charge in [0, 0.05) is 6.07 Å². The van der Waals surface area contributed by atoms with Gasteiger partial charge in [-0.15, -0.1) is 0 Å². The lowest BCUT2D eigenvalue weighted by Crippen LogP contribution is -2.25. The van der Waals surface area contributed by atoms with Crippen LogP contribution in [0.2, 0.25) is 0 Å². The highest BCUT2D eigenvalue weighted by Crippen LogP contribution is 2.31. The van der Waals surface area contributed by atoms with E-state index in [4.69, 9.17) is 10.00 Å². The van der Waals surface area contributed by atoms with Crippen LogP contribution in [-0.2, 0) is 9.84 Å². The van der Waals surface area contributed by atoms with Crippen LogP contribution in [0.4, 0.5) is 0 Å². The molecule has 0 spiro atoms. The highest BCUT2D eigenvalue weighted by Gasteiger charge is 2.31. The van der Waals surface area contributed by atoms with Gasteiger partial charge in [-0.05, 0) is 12.8 Å². The summed E-state index contributed by atoms with van der Waals surface area (Å²) in [6.07, 6.45) is 5.59. The van der Waals surface area contributed by atoms with Crippen molar-refractivity contribution in [3.05, 3.63) is 18.0 Å². The van der Waals surface area contributed by atoms with E-state index >= 15 is 0 Å². The van der Waals surface area contributed by atoms with Crippen molar-refractivity contribution in [3.63, 3.8) is 0 Å². The normalized spacial score (nSPS) is 16.8. The molecule has 1 fully saturated rings. The van der Waals surface area contributed by atoms with E-state index in [-0.39, 0.29) is 10.6 Å². The zero-order valence-electron chi connectivity index (χ0n) is 10.8. The average Bonchev–Trinajstić information content (AvgIpc) is 2.47. The van der Waals surface area contributed by atoms with Crippen LogP contribution in [0.5, 0.6) is 5.75 Å². The highest BCUT2D eigenvalue weighted by atomic mass is 32.2. The van der Waals surface area contributed by atoms with Gasteiger partial charge in [0.2, 0.25) is 0 Å². The summed E-state index contributed by atoms with van der Waals surface area (Å²) in [7, 11) is -2.06. The predicted octanol–water partition coefficient (Wildman–Crippen LogP) is 2.07. The Labute approximate surface area is 113 Å². The van der Waals surface area contributed by atoms with E-state index in [1.807, 2.05) is 6.07 Å². The Morgan fingerprint density at radius 1 is 1.37 bits per heavy atom. The quantitative estimate of drug-likeness (QED) is 0.846. The molecule has 1 heterocycles. The van der Waals surface area contributed by atoms with E-state index < -0.39 is 15.1 Å². The number of sulfone groups is 1. The van der Waals surface area contributed by atoms with Gasteiger partial charge in [0.15, 0.2) is 15.5 Å². The minimum atomic E-state index is -3.50. The van der Waals surface area contributed by atoms with Crippen LogP contribution < -0.4 is 4.74 Å². The number of ether oxygens (including phenoxy) is 1. The number of aromatic nitrogens is 1. The van der Waals surface area contributed by atoms with Crippen molar-refractivity contribution in [1.29, 1.82) is 5.26 Å². The van der Waals surface area contributed by atoms with Gasteiger partial charge in [-0.3, -0.25) is 0 Å². The summed E-state index contributed by atoms with van der Waals surface area (Å²) in [4.78, 5) is 3.86. The van der Waals surface area contributed by atoms with Crippen LogP contribution in [0.3, 0.4) is 0 Å². The van der Waals surface area contributed by atoms with Crippen molar-refractivity contribution >= 4 is 9.84 Å². The van der Waals surface area contributed by atoms with E-state index in [1.165, 1.54) is 19.4 Å². The van der Waals surface area contributed by atoms with Crippen molar-refractivity contribution in [2.75, 3.05) is 7.11 Å². The minimum Gasteiger partial charge on any atom is -0.495 e. The maximum absolute atomic E-state index is 12.6.